The van der Waals surface area contributed by atoms with Crippen LogP contribution in [0.5, 0.6) is 184 Å². The third-order valence-corrected chi connectivity index (χ3v) is 18.3. The van der Waals surface area contributed by atoms with E-state index in [0.29, 0.717) is 48.0 Å². The molecule has 0 spiro atoms. The predicted octanol–water partition coefficient (Wildman–Crippen LogP) is 33.2. The SMILES string of the molecule is Cc1cc(F)cc(Oc2cc(Oc3cc(F)cc(F)c3)cc(Oc3cc(Oc4cc(F)cc(F)c4)cc(Oc4cc(Oc5cc(Oc6cc(F)cc(Oc7cc(F)cc(F)c7)c6)cc(Oc6cc(F)cc(Oc7cc(F)cc(F)c7)c6)c5)cc(Oc5cc(Oc6cc(F)cc(Oc7cc(F)cc(F)c7)c6)cc(Oc6cc(Oc7cc(F)cc(F)c7)cc(Oc7cc(F)cc(F)c7)c6)c5)c4)c3)c2)c1. The average Bonchev–Trinajstić information content (AvgIpc) is 0.807. The number of benzene rings is 17. The molecule has 0 heterocycles. The third kappa shape index (κ3) is 25.5. The number of hydrogen-bond acceptors (Lipinski definition) is 16. The van der Waals surface area contributed by atoms with Gasteiger partial charge in [-0.15, -0.1) is 0 Å². The van der Waals surface area contributed by atoms with Crippen molar-refractivity contribution in [3.63, 3.8) is 0 Å². The van der Waals surface area contributed by atoms with Crippen LogP contribution in [0.15, 0.2) is 309 Å². The maximum Gasteiger partial charge on any atom is 0.134 e. The standard InChI is InChI=1S/C103H54F18O16/c1-53-2-54(104)11-72(3-53)122-86-35-87(126-76-18-61(111)7-62(112)19-76)38-94(36-86)133-96-41-90(129-79-24-67(117)10-68(118)25-79)42-97(48-96)135-101-50-102(136-98-44-91(130-83-29-69(119)26-80(32-83)123-73-12-55(105)4-56(106)13-73)43-92(45-98)131-84-30-70(120)27-81(33-84)124-74-14-57(107)5-58(108)15-74)52-103(51-101)137-100-47-93(132-85-31-71(121)28-82(34-85)125-75-16-59(109)6-60(110)17-75)46-99(49-100)134-95-39-88(127-77-20-63(113)8-64(114)21-77)37-89(40-95)128-78-22-65(115)9-66(116)23-78/h2-52H,1H3. The molecular formula is C103H54F18O16. The summed E-state index contributed by atoms with van der Waals surface area (Å²) < 4.78 is 366. The van der Waals surface area contributed by atoms with E-state index >= 15 is 22.0 Å². The molecule has 0 N–H and O–H groups in total. The summed E-state index contributed by atoms with van der Waals surface area (Å²) in [4.78, 5) is 0. The van der Waals surface area contributed by atoms with Crippen LogP contribution in [0.1, 0.15) is 5.56 Å². The van der Waals surface area contributed by atoms with Crippen LogP contribution in [0, 0.1) is 112 Å². The van der Waals surface area contributed by atoms with Crippen LogP contribution in [-0.2, 0) is 0 Å². The van der Waals surface area contributed by atoms with Gasteiger partial charge in [0, 0.05) is 297 Å². The Kier molecular flexibility index (Phi) is 26.5. The zero-order valence-corrected chi connectivity index (χ0v) is 69.3. The van der Waals surface area contributed by atoms with E-state index in [1.54, 1.807) is 6.92 Å². The van der Waals surface area contributed by atoms with Crippen molar-refractivity contribution < 1.29 is 155 Å². The molecule has 16 nitrogen and oxygen atoms in total. The Balaban J connectivity index is 0.808. The van der Waals surface area contributed by atoms with E-state index in [-0.39, 0.29) is 149 Å². The maximum absolute atomic E-state index is 15.9. The molecule has 0 saturated heterocycles. The molecule has 137 heavy (non-hydrogen) atoms. The number of rotatable bonds is 32. The van der Waals surface area contributed by atoms with Gasteiger partial charge in [-0.2, -0.15) is 0 Å². The van der Waals surface area contributed by atoms with E-state index in [2.05, 4.69) is 0 Å². The molecule has 0 amide bonds. The lowest BCUT2D eigenvalue weighted by molar-refractivity contribution is 0.417. The molecule has 17 aromatic rings. The lowest BCUT2D eigenvalue weighted by Crippen LogP contribution is -1.95. The van der Waals surface area contributed by atoms with Crippen LogP contribution < -0.4 is 75.8 Å². The van der Waals surface area contributed by atoms with Gasteiger partial charge in [-0.1, -0.05) is 0 Å². The van der Waals surface area contributed by atoms with Gasteiger partial charge < -0.3 is 75.8 Å². The minimum Gasteiger partial charge on any atom is -0.457 e. The lowest BCUT2D eigenvalue weighted by Gasteiger charge is -2.17. The molecule has 0 aliphatic heterocycles. The van der Waals surface area contributed by atoms with Gasteiger partial charge in [-0.3, -0.25) is 0 Å². The zero-order valence-electron chi connectivity index (χ0n) is 69.3. The van der Waals surface area contributed by atoms with Crippen LogP contribution >= 0.6 is 0 Å². The number of ether oxygens (including phenoxy) is 16. The molecule has 0 aromatic heterocycles. The van der Waals surface area contributed by atoms with Crippen molar-refractivity contribution >= 4 is 0 Å². The molecule has 0 aliphatic carbocycles. The monoisotopic (exact) mass is 1890 g/mol. The molecule has 17 rings (SSSR count). The summed E-state index contributed by atoms with van der Waals surface area (Å²) in [5, 5.41) is 0. The van der Waals surface area contributed by atoms with Crippen LogP contribution in [0.4, 0.5) is 79.0 Å². The van der Waals surface area contributed by atoms with Crippen molar-refractivity contribution in [1.82, 2.24) is 0 Å². The molecule has 0 bridgehead atoms. The van der Waals surface area contributed by atoms with Gasteiger partial charge >= 0.3 is 0 Å². The van der Waals surface area contributed by atoms with Crippen molar-refractivity contribution in [3.8, 4) is 184 Å². The Hall–Kier alpha value is -17.7. The molecule has 688 valence electrons. The molecule has 0 fully saturated rings. The summed E-state index contributed by atoms with van der Waals surface area (Å²) in [7, 11) is 0. The van der Waals surface area contributed by atoms with E-state index in [9.17, 15) is 57.1 Å². The fourth-order valence-corrected chi connectivity index (χ4v) is 13.4. The Morgan fingerprint density at radius 2 is 0.153 bits per heavy atom. The molecule has 34 heteroatoms. The summed E-state index contributed by atoms with van der Waals surface area (Å²) in [6.45, 7) is 1.59. The summed E-state index contributed by atoms with van der Waals surface area (Å²) in [5.74, 6) is -28.8. The second-order valence-electron chi connectivity index (χ2n) is 29.5. The van der Waals surface area contributed by atoms with E-state index in [1.807, 2.05) is 0 Å². The van der Waals surface area contributed by atoms with Crippen LogP contribution in [0.25, 0.3) is 0 Å². The lowest BCUT2D eigenvalue weighted by atomic mass is 10.2. The summed E-state index contributed by atoms with van der Waals surface area (Å²) >= 11 is 0. The Labute approximate surface area is 762 Å². The van der Waals surface area contributed by atoms with Crippen LogP contribution in [0.3, 0.4) is 0 Å². The van der Waals surface area contributed by atoms with Gasteiger partial charge in [0.2, 0.25) is 0 Å². The van der Waals surface area contributed by atoms with Gasteiger partial charge in [-0.25, -0.2) is 79.0 Å². The van der Waals surface area contributed by atoms with Crippen LogP contribution in [0.2, 0.25) is 0 Å². The first-order chi connectivity index (χ1) is 65.7. The second-order valence-corrected chi connectivity index (χ2v) is 29.5. The third-order valence-electron chi connectivity index (χ3n) is 18.3. The quantitative estimate of drug-likeness (QED) is 0.0368. The van der Waals surface area contributed by atoms with Gasteiger partial charge in [0.1, 0.15) is 289 Å². The highest BCUT2D eigenvalue weighted by Gasteiger charge is 2.23. The van der Waals surface area contributed by atoms with Crippen molar-refractivity contribution in [2.24, 2.45) is 0 Å². The highest BCUT2D eigenvalue weighted by Crippen LogP contribution is 2.48. The molecule has 0 unspecified atom stereocenters. The first kappa shape index (κ1) is 91.2. The topological polar surface area (TPSA) is 148 Å². The minimum atomic E-state index is -1.09. The molecule has 0 saturated carbocycles. The van der Waals surface area contributed by atoms with E-state index < -0.39 is 139 Å². The van der Waals surface area contributed by atoms with Gasteiger partial charge in [0.15, 0.2) is 0 Å². The smallest absolute Gasteiger partial charge is 0.134 e. The van der Waals surface area contributed by atoms with Crippen molar-refractivity contribution in [1.29, 1.82) is 0 Å². The van der Waals surface area contributed by atoms with Crippen LogP contribution in [-0.4, -0.2) is 0 Å². The first-order valence-corrected chi connectivity index (χ1v) is 39.9. The number of halogens is 18. The fraction of sp³-hybridized carbons (Fsp3) is 0.00971. The Morgan fingerprint density at radius 3 is 0.248 bits per heavy atom. The molecule has 0 atom stereocenters. The molecule has 0 radical (unpaired) electrons. The van der Waals surface area contributed by atoms with E-state index in [4.69, 9.17) is 75.8 Å². The highest BCUT2D eigenvalue weighted by atomic mass is 19.2. The van der Waals surface area contributed by atoms with Crippen molar-refractivity contribution in [2.75, 3.05) is 0 Å². The second kappa shape index (κ2) is 39.8. The molecule has 17 aromatic carbocycles. The average molecular weight is 1890 g/mol. The minimum absolute atomic E-state index is 0.0349. The Bertz CT molecular complexity index is 7050. The molecular weight excluding hydrogens is 1840 g/mol. The van der Waals surface area contributed by atoms with Gasteiger partial charge in [0.25, 0.3) is 0 Å². The van der Waals surface area contributed by atoms with Gasteiger partial charge in [0.05, 0.1) is 0 Å². The predicted molar refractivity (Wildman–Crippen MR) is 455 cm³/mol. The normalized spacial score (nSPS) is 11.0. The highest BCUT2D eigenvalue weighted by molar-refractivity contribution is 5.58. The number of aryl methyl sites for hydroxylation is 1. The summed E-state index contributed by atoms with van der Waals surface area (Å²) in [5.41, 5.74) is 0.431. The van der Waals surface area contributed by atoms with E-state index in [0.717, 1.165) is 152 Å². The number of hydrogen-bond donors (Lipinski definition) is 0. The Morgan fingerprint density at radius 1 is 0.0876 bits per heavy atom. The van der Waals surface area contributed by atoms with Gasteiger partial charge in [-0.05, 0) is 24.6 Å². The summed E-state index contributed by atoms with van der Waals surface area (Å²) in [6, 6.07) is 49.3. The maximum atomic E-state index is 15.9. The first-order valence-electron chi connectivity index (χ1n) is 39.9. The fourth-order valence-electron chi connectivity index (χ4n) is 13.4. The molecule has 0 aliphatic rings. The zero-order chi connectivity index (χ0) is 95.8. The van der Waals surface area contributed by atoms with Crippen molar-refractivity contribution in [2.45, 2.75) is 6.92 Å². The van der Waals surface area contributed by atoms with Crippen molar-refractivity contribution in [3.05, 3.63) is 420 Å². The largest absolute Gasteiger partial charge is 0.457 e. The van der Waals surface area contributed by atoms with E-state index in [1.165, 1.54) is 115 Å². The summed E-state index contributed by atoms with van der Waals surface area (Å²) in [6.07, 6.45) is 0.